The molecule has 0 aliphatic rings. The van der Waals surface area contributed by atoms with Gasteiger partial charge >= 0.3 is 0 Å². The van der Waals surface area contributed by atoms with E-state index >= 15 is 0 Å². The van der Waals surface area contributed by atoms with Gasteiger partial charge in [-0.3, -0.25) is 4.98 Å². The summed E-state index contributed by atoms with van der Waals surface area (Å²) in [6, 6.07) is 17.6. The van der Waals surface area contributed by atoms with Crippen LogP contribution in [0.1, 0.15) is 11.1 Å². The average Bonchev–Trinajstić information content (AvgIpc) is 2.67. The molecule has 1 aromatic heterocycles. The molecule has 0 aliphatic heterocycles. The summed E-state index contributed by atoms with van der Waals surface area (Å²) in [6.07, 6.45) is 3.27. The van der Waals surface area contributed by atoms with Gasteiger partial charge in [-0.1, -0.05) is 48.5 Å². The Kier molecular flexibility index (Phi) is 5.23. The van der Waals surface area contributed by atoms with Crippen molar-refractivity contribution in [2.24, 2.45) is 0 Å². The van der Waals surface area contributed by atoms with Crippen LogP contribution in [0.15, 0.2) is 78.0 Å². The largest absolute Gasteiger partial charge is 0.392 e. The number of nitrogens with zero attached hydrogens (tertiary/aromatic N) is 1. The van der Waals surface area contributed by atoms with Gasteiger partial charge in [0, 0.05) is 24.5 Å². The van der Waals surface area contributed by atoms with E-state index in [1.54, 1.807) is 67.0 Å². The van der Waals surface area contributed by atoms with Crippen molar-refractivity contribution in [3.63, 3.8) is 0 Å². The zero-order valence-corrected chi connectivity index (χ0v) is 14.3. The van der Waals surface area contributed by atoms with Crippen molar-refractivity contribution in [1.29, 1.82) is 0 Å². The SMILES string of the molecule is O=S(=O)(NCc1cccnc1)c1ccccc1-c1ccc(CO)cc1. The third-order valence-corrected chi connectivity index (χ3v) is 5.27. The lowest BCUT2D eigenvalue weighted by Gasteiger charge is -2.12. The number of benzene rings is 2. The first-order chi connectivity index (χ1) is 12.1. The summed E-state index contributed by atoms with van der Waals surface area (Å²) in [5.74, 6) is 0. The Morgan fingerprint density at radius 1 is 0.920 bits per heavy atom. The highest BCUT2D eigenvalue weighted by atomic mass is 32.2. The lowest BCUT2D eigenvalue weighted by atomic mass is 10.0. The smallest absolute Gasteiger partial charge is 0.241 e. The number of rotatable bonds is 6. The average molecular weight is 354 g/mol. The Morgan fingerprint density at radius 3 is 2.36 bits per heavy atom. The first-order valence-corrected chi connectivity index (χ1v) is 9.26. The molecule has 0 saturated heterocycles. The van der Waals surface area contributed by atoms with Crippen LogP contribution in [0.2, 0.25) is 0 Å². The van der Waals surface area contributed by atoms with E-state index in [2.05, 4.69) is 9.71 Å². The molecule has 0 aliphatic carbocycles. The molecule has 0 amide bonds. The number of nitrogens with one attached hydrogen (secondary N) is 1. The summed E-state index contributed by atoms with van der Waals surface area (Å²) in [6.45, 7) is 0.126. The maximum absolute atomic E-state index is 12.8. The minimum atomic E-state index is -3.68. The van der Waals surface area contributed by atoms with Crippen molar-refractivity contribution in [2.75, 3.05) is 0 Å². The predicted octanol–water partition coefficient (Wildman–Crippen LogP) is 2.72. The standard InChI is InChI=1S/C19H18N2O3S/c22-14-15-7-9-17(10-8-15)18-5-1-2-6-19(18)25(23,24)21-13-16-4-3-11-20-12-16/h1-12,21-22H,13-14H2. The van der Waals surface area contributed by atoms with E-state index in [0.29, 0.717) is 5.56 Å². The van der Waals surface area contributed by atoms with Gasteiger partial charge in [-0.25, -0.2) is 13.1 Å². The molecule has 1 heterocycles. The molecule has 0 radical (unpaired) electrons. The first-order valence-electron chi connectivity index (χ1n) is 7.78. The number of aromatic nitrogens is 1. The van der Waals surface area contributed by atoms with Crippen LogP contribution >= 0.6 is 0 Å². The quantitative estimate of drug-likeness (QED) is 0.713. The van der Waals surface area contributed by atoms with Crippen molar-refractivity contribution >= 4 is 10.0 Å². The molecule has 0 spiro atoms. The van der Waals surface area contributed by atoms with Crippen molar-refractivity contribution in [2.45, 2.75) is 18.0 Å². The second kappa shape index (κ2) is 7.57. The van der Waals surface area contributed by atoms with Gasteiger partial charge < -0.3 is 5.11 Å². The van der Waals surface area contributed by atoms with E-state index in [4.69, 9.17) is 5.11 Å². The highest BCUT2D eigenvalue weighted by Crippen LogP contribution is 2.27. The molecule has 0 saturated carbocycles. The number of aliphatic hydroxyl groups is 1. The van der Waals surface area contributed by atoms with E-state index in [-0.39, 0.29) is 18.0 Å². The topological polar surface area (TPSA) is 79.3 Å². The van der Waals surface area contributed by atoms with Gasteiger partial charge in [0.25, 0.3) is 0 Å². The fourth-order valence-electron chi connectivity index (χ4n) is 2.49. The Bertz CT molecular complexity index is 940. The molecule has 3 rings (SSSR count). The maximum Gasteiger partial charge on any atom is 0.241 e. The van der Waals surface area contributed by atoms with Crippen LogP contribution in [0.4, 0.5) is 0 Å². The summed E-state index contributed by atoms with van der Waals surface area (Å²) >= 11 is 0. The Labute approximate surface area is 147 Å². The summed E-state index contributed by atoms with van der Waals surface area (Å²) in [7, 11) is -3.68. The molecule has 5 nitrogen and oxygen atoms in total. The molecule has 3 aromatic rings. The Balaban J connectivity index is 1.91. The first kappa shape index (κ1) is 17.3. The monoisotopic (exact) mass is 354 g/mol. The van der Waals surface area contributed by atoms with Gasteiger partial charge in [-0.2, -0.15) is 0 Å². The molecule has 25 heavy (non-hydrogen) atoms. The number of hydrogen-bond donors (Lipinski definition) is 2. The highest BCUT2D eigenvalue weighted by Gasteiger charge is 2.18. The van der Waals surface area contributed by atoms with Crippen molar-refractivity contribution < 1.29 is 13.5 Å². The number of hydrogen-bond acceptors (Lipinski definition) is 4. The van der Waals surface area contributed by atoms with Crippen LogP contribution in [0.3, 0.4) is 0 Å². The Morgan fingerprint density at radius 2 is 1.68 bits per heavy atom. The van der Waals surface area contributed by atoms with Crippen LogP contribution < -0.4 is 4.72 Å². The molecule has 6 heteroatoms. The zero-order chi connectivity index (χ0) is 17.7. The third-order valence-electron chi connectivity index (χ3n) is 3.81. The van der Waals surface area contributed by atoms with E-state index in [1.807, 2.05) is 6.07 Å². The molecule has 0 unspecified atom stereocenters. The summed E-state index contributed by atoms with van der Waals surface area (Å²) in [5.41, 5.74) is 2.96. The second-order valence-corrected chi connectivity index (χ2v) is 7.27. The number of sulfonamides is 1. The van der Waals surface area contributed by atoms with E-state index in [0.717, 1.165) is 16.7 Å². The third kappa shape index (κ3) is 4.11. The molecule has 128 valence electrons. The van der Waals surface area contributed by atoms with Crippen LogP contribution in [0, 0.1) is 0 Å². The van der Waals surface area contributed by atoms with Gasteiger partial charge in [-0.15, -0.1) is 0 Å². The predicted molar refractivity (Wildman–Crippen MR) is 96.1 cm³/mol. The van der Waals surface area contributed by atoms with Gasteiger partial charge in [0.1, 0.15) is 0 Å². The lowest BCUT2D eigenvalue weighted by molar-refractivity contribution is 0.282. The van der Waals surface area contributed by atoms with Crippen LogP contribution in [-0.4, -0.2) is 18.5 Å². The minimum absolute atomic E-state index is 0.0487. The van der Waals surface area contributed by atoms with E-state index in [9.17, 15) is 8.42 Å². The van der Waals surface area contributed by atoms with Crippen molar-refractivity contribution in [3.05, 3.63) is 84.2 Å². The molecule has 2 aromatic carbocycles. The number of pyridine rings is 1. The van der Waals surface area contributed by atoms with Gasteiger partial charge in [0.05, 0.1) is 11.5 Å². The molecular formula is C19H18N2O3S. The molecule has 2 N–H and O–H groups in total. The van der Waals surface area contributed by atoms with Crippen molar-refractivity contribution in [1.82, 2.24) is 9.71 Å². The zero-order valence-electron chi connectivity index (χ0n) is 13.5. The number of aliphatic hydroxyl groups excluding tert-OH is 1. The molecular weight excluding hydrogens is 336 g/mol. The summed E-state index contributed by atoms with van der Waals surface area (Å²) in [4.78, 5) is 4.20. The molecule has 0 fully saturated rings. The fourth-order valence-corrected chi connectivity index (χ4v) is 3.73. The van der Waals surface area contributed by atoms with Crippen LogP contribution in [-0.2, 0) is 23.2 Å². The summed E-state index contributed by atoms with van der Waals surface area (Å²) in [5, 5.41) is 9.15. The normalized spacial score (nSPS) is 11.4. The van der Waals surface area contributed by atoms with Crippen LogP contribution in [0.25, 0.3) is 11.1 Å². The Hall–Kier alpha value is -2.54. The van der Waals surface area contributed by atoms with Crippen molar-refractivity contribution in [3.8, 4) is 11.1 Å². The minimum Gasteiger partial charge on any atom is -0.392 e. The van der Waals surface area contributed by atoms with Crippen LogP contribution in [0.5, 0.6) is 0 Å². The van der Waals surface area contributed by atoms with Gasteiger partial charge in [0.15, 0.2) is 0 Å². The van der Waals surface area contributed by atoms with Gasteiger partial charge in [-0.05, 0) is 28.8 Å². The molecule has 0 atom stereocenters. The summed E-state index contributed by atoms with van der Waals surface area (Å²) < 4.78 is 28.1. The van der Waals surface area contributed by atoms with E-state index < -0.39 is 10.0 Å². The molecule has 0 bridgehead atoms. The van der Waals surface area contributed by atoms with Gasteiger partial charge in [0.2, 0.25) is 10.0 Å². The lowest BCUT2D eigenvalue weighted by Crippen LogP contribution is -2.23. The second-order valence-electron chi connectivity index (χ2n) is 5.54. The van der Waals surface area contributed by atoms with E-state index in [1.165, 1.54) is 0 Å². The fraction of sp³-hybridized carbons (Fsp3) is 0.105. The highest BCUT2D eigenvalue weighted by molar-refractivity contribution is 7.89. The maximum atomic E-state index is 12.8.